The van der Waals surface area contributed by atoms with Crippen molar-refractivity contribution in [2.24, 2.45) is 0 Å². The molecule has 7 nitrogen and oxygen atoms in total. The first-order chi connectivity index (χ1) is 7.08. The molecular formula is C8H8N2O5. The zero-order chi connectivity index (χ0) is 11.0. The quantitative estimate of drug-likeness (QED) is 0.726. The van der Waals surface area contributed by atoms with Gasteiger partial charge in [0.25, 0.3) is 0 Å². The highest BCUT2D eigenvalue weighted by atomic mass is 16.6. The average Bonchev–Trinajstić information content (AvgIpc) is 2.71. The fourth-order valence-corrected chi connectivity index (χ4v) is 1.36. The van der Waals surface area contributed by atoms with Gasteiger partial charge in [-0.25, -0.2) is 9.59 Å². The van der Waals surface area contributed by atoms with E-state index in [2.05, 4.69) is 10.5 Å². The molecule has 15 heavy (non-hydrogen) atoms. The highest BCUT2D eigenvalue weighted by molar-refractivity contribution is 5.83. The molecule has 0 bridgehead atoms. The number of cyclic esters (lactones) is 1. The topological polar surface area (TPSA) is 102 Å². The monoisotopic (exact) mass is 212 g/mol. The summed E-state index contributed by atoms with van der Waals surface area (Å²) in [5.41, 5.74) is 0.290. The summed E-state index contributed by atoms with van der Waals surface area (Å²) in [6.07, 6.45) is -1.71. The van der Waals surface area contributed by atoms with Crippen molar-refractivity contribution in [2.75, 3.05) is 0 Å². The lowest BCUT2D eigenvalue weighted by Crippen LogP contribution is -2.35. The van der Waals surface area contributed by atoms with Crippen LogP contribution in [-0.2, 0) is 9.53 Å². The molecule has 7 heteroatoms. The first kappa shape index (κ1) is 9.50. The molecule has 1 fully saturated rings. The fourth-order valence-electron chi connectivity index (χ4n) is 1.36. The highest BCUT2D eigenvalue weighted by Gasteiger charge is 2.42. The predicted molar refractivity (Wildman–Crippen MR) is 45.0 cm³/mol. The van der Waals surface area contributed by atoms with Crippen LogP contribution in [0.25, 0.3) is 0 Å². The maximum absolute atomic E-state index is 10.9. The van der Waals surface area contributed by atoms with Crippen molar-refractivity contribution in [2.45, 2.75) is 19.1 Å². The molecule has 1 aromatic heterocycles. The molecule has 2 N–H and O–H groups in total. The van der Waals surface area contributed by atoms with Gasteiger partial charge in [-0.2, -0.15) is 0 Å². The number of carbonyl (C=O) groups is 2. The van der Waals surface area contributed by atoms with Crippen LogP contribution in [0.3, 0.4) is 0 Å². The van der Waals surface area contributed by atoms with Gasteiger partial charge in [0.1, 0.15) is 11.5 Å². The second-order valence-corrected chi connectivity index (χ2v) is 3.15. The number of nitrogens with one attached hydrogen (secondary N) is 1. The minimum atomic E-state index is -1.17. The molecule has 1 aliphatic rings. The Hall–Kier alpha value is -2.05. The van der Waals surface area contributed by atoms with Gasteiger partial charge < -0.3 is 19.7 Å². The van der Waals surface area contributed by atoms with Crippen molar-refractivity contribution < 1.29 is 24.0 Å². The third-order valence-corrected chi connectivity index (χ3v) is 2.01. The SMILES string of the molecule is Cc1cc(C2OC(=O)NC2C(=O)O)no1. The number of carbonyl (C=O) groups excluding carboxylic acids is 1. The summed E-state index contributed by atoms with van der Waals surface area (Å²) in [7, 11) is 0. The smallest absolute Gasteiger partial charge is 0.408 e. The molecule has 1 aliphatic heterocycles. The number of nitrogens with zero attached hydrogens (tertiary/aromatic N) is 1. The number of carboxylic acid groups (broad SMARTS) is 1. The van der Waals surface area contributed by atoms with Crippen molar-refractivity contribution in [1.82, 2.24) is 10.5 Å². The average molecular weight is 212 g/mol. The molecule has 1 amide bonds. The van der Waals surface area contributed by atoms with Crippen LogP contribution in [0.1, 0.15) is 17.6 Å². The zero-order valence-electron chi connectivity index (χ0n) is 7.76. The third-order valence-electron chi connectivity index (χ3n) is 2.01. The standard InChI is InChI=1S/C8H8N2O5/c1-3-2-4(10-15-3)6-5(7(11)12)9-8(13)14-6/h2,5-6H,1H3,(H,9,13)(H,11,12). The van der Waals surface area contributed by atoms with Gasteiger partial charge in [0.15, 0.2) is 12.1 Å². The Labute approximate surface area is 84.0 Å². The third kappa shape index (κ3) is 1.63. The Morgan fingerprint density at radius 3 is 2.93 bits per heavy atom. The maximum Gasteiger partial charge on any atom is 0.408 e. The summed E-state index contributed by atoms with van der Waals surface area (Å²) in [6.45, 7) is 1.66. The van der Waals surface area contributed by atoms with Crippen LogP contribution in [-0.4, -0.2) is 28.4 Å². The molecule has 0 aromatic carbocycles. The van der Waals surface area contributed by atoms with Crippen molar-refractivity contribution in [3.05, 3.63) is 17.5 Å². The maximum atomic E-state index is 10.9. The number of aromatic nitrogens is 1. The molecule has 80 valence electrons. The van der Waals surface area contributed by atoms with Crippen LogP contribution in [0.5, 0.6) is 0 Å². The summed E-state index contributed by atoms with van der Waals surface area (Å²) in [6, 6.07) is 0.406. The van der Waals surface area contributed by atoms with Crippen molar-refractivity contribution in [3.8, 4) is 0 Å². The molecule has 2 rings (SSSR count). The van der Waals surface area contributed by atoms with Crippen LogP contribution in [0.4, 0.5) is 4.79 Å². The van der Waals surface area contributed by atoms with Gasteiger partial charge in [0, 0.05) is 6.07 Å². The molecule has 2 unspecified atom stereocenters. The van der Waals surface area contributed by atoms with Gasteiger partial charge in [-0.1, -0.05) is 5.16 Å². The first-order valence-electron chi connectivity index (χ1n) is 4.21. The molecule has 0 radical (unpaired) electrons. The number of amides is 1. The first-order valence-corrected chi connectivity index (χ1v) is 4.21. The fraction of sp³-hybridized carbons (Fsp3) is 0.375. The molecule has 1 saturated heterocycles. The number of rotatable bonds is 2. The van der Waals surface area contributed by atoms with E-state index in [-0.39, 0.29) is 0 Å². The van der Waals surface area contributed by atoms with Crippen molar-refractivity contribution in [1.29, 1.82) is 0 Å². The molecule has 1 aromatic rings. The van der Waals surface area contributed by atoms with Gasteiger partial charge in [-0.15, -0.1) is 0 Å². The Balaban J connectivity index is 2.27. The van der Waals surface area contributed by atoms with Gasteiger partial charge >= 0.3 is 12.1 Å². The lowest BCUT2D eigenvalue weighted by molar-refractivity contribution is -0.140. The van der Waals surface area contributed by atoms with E-state index in [0.717, 1.165) is 0 Å². The van der Waals surface area contributed by atoms with Gasteiger partial charge in [0.2, 0.25) is 0 Å². The Bertz CT molecular complexity index is 413. The largest absolute Gasteiger partial charge is 0.480 e. The van der Waals surface area contributed by atoms with E-state index in [1.807, 2.05) is 0 Å². The minimum absolute atomic E-state index is 0.290. The number of aryl methyl sites for hydroxylation is 1. The molecule has 0 aliphatic carbocycles. The van der Waals surface area contributed by atoms with E-state index < -0.39 is 24.2 Å². The Kier molecular flexibility index (Phi) is 2.07. The Morgan fingerprint density at radius 1 is 1.67 bits per heavy atom. The summed E-state index contributed by atoms with van der Waals surface area (Å²) < 4.78 is 9.56. The van der Waals surface area contributed by atoms with E-state index >= 15 is 0 Å². The van der Waals surface area contributed by atoms with Crippen LogP contribution in [0, 0.1) is 6.92 Å². The van der Waals surface area contributed by atoms with Crippen LogP contribution < -0.4 is 5.32 Å². The van der Waals surface area contributed by atoms with Crippen LogP contribution in [0.2, 0.25) is 0 Å². The number of carboxylic acids is 1. The van der Waals surface area contributed by atoms with Gasteiger partial charge in [0.05, 0.1) is 0 Å². The summed E-state index contributed by atoms with van der Waals surface area (Å²) >= 11 is 0. The second kappa shape index (κ2) is 3.26. The van der Waals surface area contributed by atoms with Gasteiger partial charge in [-0.3, -0.25) is 0 Å². The van der Waals surface area contributed by atoms with Crippen molar-refractivity contribution in [3.63, 3.8) is 0 Å². The van der Waals surface area contributed by atoms with E-state index in [1.165, 1.54) is 6.07 Å². The summed E-state index contributed by atoms with van der Waals surface area (Å²) in [4.78, 5) is 21.7. The molecular weight excluding hydrogens is 204 g/mol. The number of ether oxygens (including phenoxy) is 1. The second-order valence-electron chi connectivity index (χ2n) is 3.15. The molecule has 0 spiro atoms. The lowest BCUT2D eigenvalue weighted by atomic mass is 10.1. The number of aliphatic carboxylic acids is 1. The summed E-state index contributed by atoms with van der Waals surface area (Å²) in [5.74, 6) is -0.649. The predicted octanol–water partition coefficient (Wildman–Crippen LogP) is 0.217. The van der Waals surface area contributed by atoms with Gasteiger partial charge in [-0.05, 0) is 6.92 Å². The number of hydrogen-bond acceptors (Lipinski definition) is 5. The van der Waals surface area contributed by atoms with Crippen LogP contribution in [0.15, 0.2) is 10.6 Å². The van der Waals surface area contributed by atoms with Crippen LogP contribution >= 0.6 is 0 Å². The molecule has 2 heterocycles. The van der Waals surface area contributed by atoms with E-state index in [4.69, 9.17) is 14.4 Å². The molecule has 2 atom stereocenters. The van der Waals surface area contributed by atoms with E-state index in [1.54, 1.807) is 6.92 Å². The van der Waals surface area contributed by atoms with Crippen molar-refractivity contribution >= 4 is 12.1 Å². The highest BCUT2D eigenvalue weighted by Crippen LogP contribution is 2.25. The Morgan fingerprint density at radius 2 is 2.40 bits per heavy atom. The minimum Gasteiger partial charge on any atom is -0.480 e. The number of hydrogen-bond donors (Lipinski definition) is 2. The number of alkyl carbamates (subject to hydrolysis) is 1. The summed E-state index contributed by atoms with van der Waals surface area (Å²) in [5, 5.41) is 14.6. The zero-order valence-corrected chi connectivity index (χ0v) is 7.76. The molecule has 0 saturated carbocycles. The van der Waals surface area contributed by atoms with E-state index in [9.17, 15) is 9.59 Å². The normalized spacial score (nSPS) is 24.7. The lowest BCUT2D eigenvalue weighted by Gasteiger charge is -2.08. The van der Waals surface area contributed by atoms with E-state index in [0.29, 0.717) is 11.5 Å².